The molecule has 0 amide bonds. The summed E-state index contributed by atoms with van der Waals surface area (Å²) in [5.74, 6) is 0.694. The van der Waals surface area contributed by atoms with Crippen molar-refractivity contribution in [2.45, 2.75) is 32.4 Å². The molecule has 1 heterocycles. The first-order valence-electron chi connectivity index (χ1n) is 6.83. The normalized spacial score (nSPS) is 20.7. The molecule has 0 bridgehead atoms. The Balaban J connectivity index is 1.95. The maximum atomic E-state index is 7.46. The van der Waals surface area contributed by atoms with E-state index in [4.69, 9.17) is 15.9 Å². The van der Waals surface area contributed by atoms with Gasteiger partial charge in [0, 0.05) is 19.6 Å². The summed E-state index contributed by atoms with van der Waals surface area (Å²) in [6.45, 7) is 7.56. The van der Waals surface area contributed by atoms with Crippen molar-refractivity contribution in [1.29, 1.82) is 5.41 Å². The van der Waals surface area contributed by atoms with Crippen LogP contribution >= 0.6 is 0 Å². The molecule has 0 radical (unpaired) electrons. The first-order valence-corrected chi connectivity index (χ1v) is 6.83. The maximum absolute atomic E-state index is 7.46. The van der Waals surface area contributed by atoms with E-state index in [1.807, 2.05) is 0 Å². The topological polar surface area (TPSA) is 62.3 Å². The summed E-state index contributed by atoms with van der Waals surface area (Å²) in [5, 5.41) is 7.46. The average Bonchev–Trinajstić information content (AvgIpc) is 2.39. The quantitative estimate of drug-likeness (QED) is 0.643. The number of nitrogens with two attached hydrogens (primary N) is 1. The van der Waals surface area contributed by atoms with Gasteiger partial charge in [0.05, 0.1) is 6.61 Å². The molecule has 3 N–H and O–H groups in total. The van der Waals surface area contributed by atoms with Crippen LogP contribution < -0.4 is 5.73 Å². The Morgan fingerprint density at radius 3 is 2.68 bits per heavy atom. The van der Waals surface area contributed by atoms with Crippen molar-refractivity contribution in [2.75, 3.05) is 19.7 Å². The van der Waals surface area contributed by atoms with Crippen molar-refractivity contribution in [3.05, 3.63) is 35.4 Å². The highest BCUT2D eigenvalue weighted by atomic mass is 16.5. The lowest BCUT2D eigenvalue weighted by molar-refractivity contribution is 0.00236. The molecule has 1 aliphatic rings. The molecule has 0 aliphatic carbocycles. The van der Waals surface area contributed by atoms with Crippen molar-refractivity contribution >= 4 is 5.84 Å². The van der Waals surface area contributed by atoms with Crippen molar-refractivity contribution < 1.29 is 4.74 Å². The summed E-state index contributed by atoms with van der Waals surface area (Å²) >= 11 is 0. The van der Waals surface area contributed by atoms with Crippen LogP contribution in [-0.4, -0.2) is 36.5 Å². The zero-order valence-corrected chi connectivity index (χ0v) is 11.7. The van der Waals surface area contributed by atoms with Gasteiger partial charge in [-0.15, -0.1) is 0 Å². The van der Waals surface area contributed by atoms with Crippen LogP contribution in [0.2, 0.25) is 0 Å². The molecule has 0 spiro atoms. The summed E-state index contributed by atoms with van der Waals surface area (Å²) < 4.78 is 5.47. The van der Waals surface area contributed by atoms with Crippen LogP contribution in [0.4, 0.5) is 0 Å². The lowest BCUT2D eigenvalue weighted by Crippen LogP contribution is -2.47. The van der Waals surface area contributed by atoms with Crippen molar-refractivity contribution in [3.63, 3.8) is 0 Å². The second kappa shape index (κ2) is 6.17. The standard InChI is InChI=1S/C15H23N3O/c1-11(2)13-5-3-12(4-6-13)9-18-7-8-19-14(10-18)15(16)17/h3-6,11,14H,7-10H2,1-2H3,(H3,16,17). The fourth-order valence-corrected chi connectivity index (χ4v) is 2.30. The Labute approximate surface area is 115 Å². The van der Waals surface area contributed by atoms with Crippen molar-refractivity contribution in [1.82, 2.24) is 4.90 Å². The van der Waals surface area contributed by atoms with Gasteiger partial charge in [-0.05, 0) is 17.0 Å². The van der Waals surface area contributed by atoms with Gasteiger partial charge in [-0.3, -0.25) is 10.3 Å². The van der Waals surface area contributed by atoms with Gasteiger partial charge >= 0.3 is 0 Å². The van der Waals surface area contributed by atoms with Crippen LogP contribution in [0.5, 0.6) is 0 Å². The molecule has 1 unspecified atom stereocenters. The molecule has 2 rings (SSSR count). The third-order valence-corrected chi connectivity index (χ3v) is 3.55. The Morgan fingerprint density at radius 2 is 2.11 bits per heavy atom. The fraction of sp³-hybridized carbons (Fsp3) is 0.533. The van der Waals surface area contributed by atoms with E-state index < -0.39 is 0 Å². The van der Waals surface area contributed by atoms with Crippen LogP contribution in [0.3, 0.4) is 0 Å². The first-order chi connectivity index (χ1) is 9.06. The summed E-state index contributed by atoms with van der Waals surface area (Å²) in [6, 6.07) is 8.77. The first kappa shape index (κ1) is 14.0. The van der Waals surface area contributed by atoms with Gasteiger partial charge in [-0.1, -0.05) is 38.1 Å². The van der Waals surface area contributed by atoms with E-state index in [1.54, 1.807) is 0 Å². The molecule has 1 saturated heterocycles. The highest BCUT2D eigenvalue weighted by Gasteiger charge is 2.22. The van der Waals surface area contributed by atoms with E-state index in [0.717, 1.165) is 13.1 Å². The van der Waals surface area contributed by atoms with E-state index in [2.05, 4.69) is 43.0 Å². The van der Waals surface area contributed by atoms with Crippen LogP contribution in [-0.2, 0) is 11.3 Å². The summed E-state index contributed by atoms with van der Waals surface area (Å²) in [6.07, 6.45) is -0.247. The van der Waals surface area contributed by atoms with Gasteiger partial charge in [0.25, 0.3) is 0 Å². The van der Waals surface area contributed by atoms with Crippen molar-refractivity contribution in [2.24, 2.45) is 5.73 Å². The second-order valence-electron chi connectivity index (χ2n) is 5.45. The molecule has 4 heteroatoms. The van der Waals surface area contributed by atoms with Gasteiger partial charge in [0.15, 0.2) is 0 Å². The minimum absolute atomic E-state index is 0.125. The van der Waals surface area contributed by atoms with Gasteiger partial charge in [-0.25, -0.2) is 0 Å². The van der Waals surface area contributed by atoms with Crippen molar-refractivity contribution in [3.8, 4) is 0 Å². The largest absolute Gasteiger partial charge is 0.385 e. The molecule has 0 saturated carbocycles. The number of benzene rings is 1. The Bertz CT molecular complexity index is 428. The van der Waals surface area contributed by atoms with Crippen LogP contribution in [0.1, 0.15) is 30.9 Å². The highest BCUT2D eigenvalue weighted by molar-refractivity contribution is 5.82. The lowest BCUT2D eigenvalue weighted by Gasteiger charge is -2.32. The Hall–Kier alpha value is -1.39. The number of rotatable bonds is 4. The molecule has 1 aliphatic heterocycles. The van der Waals surface area contributed by atoms with Crippen LogP contribution in [0, 0.1) is 5.41 Å². The predicted molar refractivity (Wildman–Crippen MR) is 77.5 cm³/mol. The minimum Gasteiger partial charge on any atom is -0.385 e. The SMILES string of the molecule is CC(C)c1ccc(CN2CCOC(C(=N)N)C2)cc1. The zero-order chi connectivity index (χ0) is 13.8. The van der Waals surface area contributed by atoms with E-state index in [0.29, 0.717) is 19.1 Å². The molecule has 104 valence electrons. The molecule has 4 nitrogen and oxygen atoms in total. The number of ether oxygens (including phenoxy) is 1. The molecule has 0 aromatic heterocycles. The van der Waals surface area contributed by atoms with Gasteiger partial charge < -0.3 is 10.5 Å². The van der Waals surface area contributed by atoms with Gasteiger partial charge in [0.2, 0.25) is 0 Å². The van der Waals surface area contributed by atoms with Gasteiger partial charge in [-0.2, -0.15) is 0 Å². The average molecular weight is 261 g/mol. The highest BCUT2D eigenvalue weighted by Crippen LogP contribution is 2.16. The lowest BCUT2D eigenvalue weighted by atomic mass is 10.0. The number of nitrogens with zero attached hydrogens (tertiary/aromatic N) is 1. The van der Waals surface area contributed by atoms with E-state index in [-0.39, 0.29) is 11.9 Å². The molecular weight excluding hydrogens is 238 g/mol. The molecule has 19 heavy (non-hydrogen) atoms. The number of nitrogens with one attached hydrogen (secondary N) is 1. The summed E-state index contributed by atoms with van der Waals surface area (Å²) in [5.41, 5.74) is 8.18. The Kier molecular flexibility index (Phi) is 4.56. The zero-order valence-electron chi connectivity index (χ0n) is 11.7. The van der Waals surface area contributed by atoms with Gasteiger partial charge in [0.1, 0.15) is 11.9 Å². The minimum atomic E-state index is -0.247. The summed E-state index contributed by atoms with van der Waals surface area (Å²) in [4.78, 5) is 2.29. The van der Waals surface area contributed by atoms with E-state index >= 15 is 0 Å². The third-order valence-electron chi connectivity index (χ3n) is 3.55. The van der Waals surface area contributed by atoms with E-state index in [9.17, 15) is 0 Å². The molecule has 1 aromatic carbocycles. The summed E-state index contributed by atoms with van der Waals surface area (Å²) in [7, 11) is 0. The number of hydrogen-bond acceptors (Lipinski definition) is 3. The number of hydrogen-bond donors (Lipinski definition) is 2. The van der Waals surface area contributed by atoms with Crippen LogP contribution in [0.25, 0.3) is 0 Å². The third kappa shape index (κ3) is 3.78. The molecule has 1 fully saturated rings. The van der Waals surface area contributed by atoms with Crippen LogP contribution in [0.15, 0.2) is 24.3 Å². The molecular formula is C15H23N3O. The molecule has 1 aromatic rings. The number of morpholine rings is 1. The monoisotopic (exact) mass is 261 g/mol. The smallest absolute Gasteiger partial charge is 0.127 e. The second-order valence-corrected chi connectivity index (χ2v) is 5.45. The number of amidine groups is 1. The maximum Gasteiger partial charge on any atom is 0.127 e. The predicted octanol–water partition coefficient (Wildman–Crippen LogP) is 1.95. The molecule has 1 atom stereocenters. The Morgan fingerprint density at radius 1 is 1.42 bits per heavy atom. The van der Waals surface area contributed by atoms with E-state index in [1.165, 1.54) is 11.1 Å². The fourth-order valence-electron chi connectivity index (χ4n) is 2.30.